The Balaban J connectivity index is 1.28. The van der Waals surface area contributed by atoms with Crippen molar-refractivity contribution >= 4 is 17.6 Å². The molecule has 0 fully saturated rings. The number of rotatable bonds is 7. The maximum atomic E-state index is 13.0. The van der Waals surface area contributed by atoms with Crippen LogP contribution in [0.3, 0.4) is 0 Å². The number of aryl methyl sites for hydroxylation is 2. The second kappa shape index (κ2) is 9.34. The maximum Gasteiger partial charge on any atom is 0.306 e. The largest absolute Gasteiger partial charge is 0.489 e. The molecule has 5 heteroatoms. The number of hydrogen-bond acceptors (Lipinski definition) is 4. The van der Waals surface area contributed by atoms with Gasteiger partial charge in [0.15, 0.2) is 0 Å². The van der Waals surface area contributed by atoms with Crippen molar-refractivity contribution in [2.45, 2.75) is 52.2 Å². The summed E-state index contributed by atoms with van der Waals surface area (Å²) in [5.41, 5.74) is 7.35. The highest BCUT2D eigenvalue weighted by Crippen LogP contribution is 2.38. The van der Waals surface area contributed by atoms with Crippen LogP contribution in [-0.2, 0) is 29.1 Å². The fourth-order valence-electron chi connectivity index (χ4n) is 5.03. The summed E-state index contributed by atoms with van der Waals surface area (Å²) in [7, 11) is 0. The van der Waals surface area contributed by atoms with E-state index in [1.165, 1.54) is 16.7 Å². The first-order valence-corrected chi connectivity index (χ1v) is 11.9. The van der Waals surface area contributed by atoms with E-state index in [0.29, 0.717) is 26.2 Å². The normalized spacial score (nSPS) is 16.4. The van der Waals surface area contributed by atoms with Gasteiger partial charge < -0.3 is 14.4 Å². The zero-order valence-corrected chi connectivity index (χ0v) is 19.7. The Morgan fingerprint density at radius 1 is 1.09 bits per heavy atom. The lowest BCUT2D eigenvalue weighted by Crippen LogP contribution is -2.22. The van der Waals surface area contributed by atoms with E-state index in [2.05, 4.69) is 12.1 Å². The molecule has 1 aliphatic carbocycles. The molecule has 174 valence electrons. The molecule has 1 unspecified atom stereocenters. The quantitative estimate of drug-likeness (QED) is 0.428. The molecule has 0 spiro atoms. The minimum Gasteiger partial charge on any atom is -0.489 e. The molecule has 0 radical (unpaired) electrons. The SMILES string of the molecule is CCOC(=O)CC1CCc2cc(OCc3cccc4c3CN(c3ccc(C)cc3)C4=O)ccc21. The molecule has 1 amide bonds. The molecule has 0 saturated carbocycles. The molecule has 0 bridgehead atoms. The topological polar surface area (TPSA) is 55.8 Å². The van der Waals surface area contributed by atoms with Crippen molar-refractivity contribution in [1.82, 2.24) is 0 Å². The number of esters is 1. The van der Waals surface area contributed by atoms with E-state index in [1.807, 2.05) is 67.3 Å². The fourth-order valence-corrected chi connectivity index (χ4v) is 5.03. The molecule has 3 aromatic carbocycles. The van der Waals surface area contributed by atoms with Gasteiger partial charge in [-0.25, -0.2) is 0 Å². The third kappa shape index (κ3) is 4.30. The van der Waals surface area contributed by atoms with Crippen molar-refractivity contribution in [3.63, 3.8) is 0 Å². The second-order valence-corrected chi connectivity index (χ2v) is 9.06. The predicted octanol–water partition coefficient (Wildman–Crippen LogP) is 5.72. The Morgan fingerprint density at radius 3 is 2.71 bits per heavy atom. The highest BCUT2D eigenvalue weighted by Gasteiger charge is 2.30. The predicted molar refractivity (Wildman–Crippen MR) is 131 cm³/mol. The monoisotopic (exact) mass is 455 g/mol. The molecular weight excluding hydrogens is 426 g/mol. The minimum atomic E-state index is -0.132. The molecule has 5 nitrogen and oxygen atoms in total. The Labute approximate surface area is 200 Å². The molecule has 34 heavy (non-hydrogen) atoms. The van der Waals surface area contributed by atoms with Gasteiger partial charge >= 0.3 is 5.97 Å². The van der Waals surface area contributed by atoms with E-state index in [1.54, 1.807) is 0 Å². The summed E-state index contributed by atoms with van der Waals surface area (Å²) in [6.07, 6.45) is 2.33. The second-order valence-electron chi connectivity index (χ2n) is 9.06. The lowest BCUT2D eigenvalue weighted by molar-refractivity contribution is -0.143. The van der Waals surface area contributed by atoms with Crippen molar-refractivity contribution in [3.8, 4) is 5.75 Å². The minimum absolute atomic E-state index is 0.0332. The van der Waals surface area contributed by atoms with E-state index < -0.39 is 0 Å². The summed E-state index contributed by atoms with van der Waals surface area (Å²) in [5.74, 6) is 0.936. The number of amides is 1. The average Bonchev–Trinajstić information content (AvgIpc) is 3.39. The van der Waals surface area contributed by atoms with Crippen LogP contribution in [-0.4, -0.2) is 18.5 Å². The van der Waals surface area contributed by atoms with Gasteiger partial charge in [-0.1, -0.05) is 35.9 Å². The molecule has 3 aromatic rings. The van der Waals surface area contributed by atoms with Gasteiger partial charge in [0.25, 0.3) is 5.91 Å². The van der Waals surface area contributed by atoms with Crippen molar-refractivity contribution < 1.29 is 19.1 Å². The number of ether oxygens (including phenoxy) is 2. The number of carbonyl (C=O) groups is 2. The summed E-state index contributed by atoms with van der Waals surface area (Å²) in [4.78, 5) is 26.8. The smallest absolute Gasteiger partial charge is 0.306 e. The molecular formula is C29H29NO4. The number of hydrogen-bond donors (Lipinski definition) is 0. The van der Waals surface area contributed by atoms with Crippen molar-refractivity contribution in [1.29, 1.82) is 0 Å². The molecule has 0 saturated heterocycles. The van der Waals surface area contributed by atoms with Crippen molar-refractivity contribution in [2.75, 3.05) is 11.5 Å². The summed E-state index contributed by atoms with van der Waals surface area (Å²) < 4.78 is 11.3. The molecule has 2 aliphatic rings. The van der Waals surface area contributed by atoms with Gasteiger partial charge in [-0.15, -0.1) is 0 Å². The highest BCUT2D eigenvalue weighted by atomic mass is 16.5. The molecule has 1 atom stereocenters. The van der Waals surface area contributed by atoms with Crippen LogP contribution < -0.4 is 9.64 Å². The molecule has 1 heterocycles. The van der Waals surface area contributed by atoms with Crippen molar-refractivity contribution in [3.05, 3.63) is 94.0 Å². The number of benzene rings is 3. The zero-order chi connectivity index (χ0) is 23.7. The van der Waals surface area contributed by atoms with E-state index in [4.69, 9.17) is 9.47 Å². The number of anilines is 1. The Morgan fingerprint density at radius 2 is 1.91 bits per heavy atom. The van der Waals surface area contributed by atoms with Crippen molar-refractivity contribution in [2.24, 2.45) is 0 Å². The van der Waals surface area contributed by atoms with Crippen LogP contribution in [0.1, 0.15) is 63.9 Å². The van der Waals surface area contributed by atoms with E-state index in [0.717, 1.165) is 41.0 Å². The van der Waals surface area contributed by atoms with E-state index >= 15 is 0 Å². The van der Waals surface area contributed by atoms with E-state index in [-0.39, 0.29) is 17.8 Å². The summed E-state index contributed by atoms with van der Waals surface area (Å²) in [6.45, 7) is 5.25. The van der Waals surface area contributed by atoms with Gasteiger partial charge in [-0.3, -0.25) is 9.59 Å². The van der Waals surface area contributed by atoms with E-state index in [9.17, 15) is 9.59 Å². The van der Waals surface area contributed by atoms with Gasteiger partial charge in [-0.05, 0) is 85.2 Å². The van der Waals surface area contributed by atoms with Gasteiger partial charge in [0.1, 0.15) is 12.4 Å². The Kier molecular flexibility index (Phi) is 6.10. The standard InChI is InChI=1S/C29H29NO4/c1-3-33-28(31)16-21-10-9-20-15-24(13-14-25(20)21)34-18-22-5-4-6-26-27(22)17-30(29(26)32)23-11-7-19(2)8-12-23/h4-8,11-15,21H,3,9-10,16-18H2,1-2H3. The van der Waals surface area contributed by atoms with Gasteiger partial charge in [0.05, 0.1) is 19.6 Å². The van der Waals surface area contributed by atoms with Crippen LogP contribution in [0.5, 0.6) is 5.75 Å². The van der Waals surface area contributed by atoms with Crippen LogP contribution in [0.25, 0.3) is 0 Å². The van der Waals surface area contributed by atoms with Gasteiger partial charge in [-0.2, -0.15) is 0 Å². The third-order valence-electron chi connectivity index (χ3n) is 6.84. The van der Waals surface area contributed by atoms with Crippen LogP contribution in [0, 0.1) is 6.92 Å². The molecule has 0 N–H and O–H groups in total. The first-order valence-electron chi connectivity index (χ1n) is 11.9. The Bertz CT molecular complexity index is 1230. The lowest BCUT2D eigenvalue weighted by atomic mass is 9.98. The zero-order valence-electron chi connectivity index (χ0n) is 19.7. The average molecular weight is 456 g/mol. The Hall–Kier alpha value is -3.60. The fraction of sp³-hybridized carbons (Fsp3) is 0.310. The van der Waals surface area contributed by atoms with Crippen LogP contribution >= 0.6 is 0 Å². The summed E-state index contributed by atoms with van der Waals surface area (Å²) in [6, 6.07) is 20.1. The lowest BCUT2D eigenvalue weighted by Gasteiger charge is -2.16. The number of fused-ring (bicyclic) bond motifs is 2. The maximum absolute atomic E-state index is 13.0. The number of carbonyl (C=O) groups excluding carboxylic acids is 2. The van der Waals surface area contributed by atoms with Gasteiger partial charge in [0, 0.05) is 11.3 Å². The highest BCUT2D eigenvalue weighted by molar-refractivity contribution is 6.10. The molecule has 5 rings (SSSR count). The molecule has 0 aromatic heterocycles. The van der Waals surface area contributed by atoms with Gasteiger partial charge in [0.2, 0.25) is 0 Å². The molecule has 1 aliphatic heterocycles. The summed E-state index contributed by atoms with van der Waals surface area (Å²) >= 11 is 0. The first kappa shape index (κ1) is 22.2. The number of nitrogens with zero attached hydrogens (tertiary/aromatic N) is 1. The summed E-state index contributed by atoms with van der Waals surface area (Å²) in [5, 5.41) is 0. The van der Waals surface area contributed by atoms with Crippen LogP contribution in [0.4, 0.5) is 5.69 Å². The first-order chi connectivity index (χ1) is 16.5. The van der Waals surface area contributed by atoms with Crippen LogP contribution in [0.2, 0.25) is 0 Å². The third-order valence-corrected chi connectivity index (χ3v) is 6.84. The van der Waals surface area contributed by atoms with Crippen LogP contribution in [0.15, 0.2) is 60.7 Å².